The normalized spacial score (nSPS) is 15.0. The highest BCUT2D eigenvalue weighted by Crippen LogP contribution is 2.62. The molecule has 0 bridgehead atoms. The summed E-state index contributed by atoms with van der Waals surface area (Å²) in [5.41, 5.74) is 31.1. The molecule has 17 rings (SSSR count). The van der Waals surface area contributed by atoms with Gasteiger partial charge in [-0.25, -0.2) is 0 Å². The first-order chi connectivity index (χ1) is 39.3. The lowest BCUT2D eigenvalue weighted by Crippen LogP contribution is -2.17. The maximum atomic E-state index is 7.13. The largest absolute Gasteiger partial charge is 0.455 e. The minimum Gasteiger partial charge on any atom is -0.455 e. The van der Waals surface area contributed by atoms with Gasteiger partial charge in [0.1, 0.15) is 22.3 Å². The van der Waals surface area contributed by atoms with Gasteiger partial charge in [-0.2, -0.15) is 0 Å². The quantitative estimate of drug-likeness (QED) is 0.176. The van der Waals surface area contributed by atoms with E-state index in [0.29, 0.717) is 0 Å². The Morgan fingerprint density at radius 2 is 0.481 bits per heavy atom. The Morgan fingerprint density at radius 3 is 0.852 bits per heavy atom. The van der Waals surface area contributed by atoms with E-state index in [4.69, 9.17) is 8.83 Å². The fraction of sp³-hybridized carbons (Fsp3) is 0.139. The Bertz CT molecular complexity index is 4840. The zero-order chi connectivity index (χ0) is 54.6. The van der Waals surface area contributed by atoms with E-state index in [9.17, 15) is 0 Å². The number of fused-ring (bicyclic) bond motifs is 19. The van der Waals surface area contributed by atoms with Crippen molar-refractivity contribution in [3.8, 4) is 77.9 Å². The van der Waals surface area contributed by atoms with Gasteiger partial charge in [-0.15, -0.1) is 0 Å². The molecule has 3 aliphatic rings. The predicted octanol–water partition coefficient (Wildman–Crippen LogP) is 22.0. The maximum absolute atomic E-state index is 7.13. The molecule has 14 aromatic rings. The maximum Gasteiger partial charge on any atom is 0.143 e. The molecule has 2 heterocycles. The standard InChI is InChI=1S/C79H58O2/c1-43-21-9-11-23-45(43)51-29-17-31-53-55-33-19-35-57(75(55)80-73(51)53)59-37-69-71(49-27-15-13-25-47(49)59)63-41-65-61(39-67(63)78(69,5)6)62-40-68-64(42-66(62)77(65,3)4)72-50-28-16-14-26-48(50)60(38-70(72)79(68,7)8)58-36-20-34-56-54-32-18-30-52(74(54)81-76(56)58)46-24-12-10-22-44(46)2/h9-42H,1-8H3. The van der Waals surface area contributed by atoms with Crippen LogP contribution in [0.3, 0.4) is 0 Å². The average molecular weight is 1040 g/mol. The van der Waals surface area contributed by atoms with Crippen LogP contribution in [0.1, 0.15) is 86.1 Å². The monoisotopic (exact) mass is 1040 g/mol. The van der Waals surface area contributed by atoms with Crippen LogP contribution in [0.5, 0.6) is 0 Å². The minimum atomic E-state index is -0.280. The number of hydrogen-bond acceptors (Lipinski definition) is 2. The highest BCUT2D eigenvalue weighted by molar-refractivity contribution is 6.19. The molecular formula is C79H58O2. The average Bonchev–Trinajstić information content (AvgIpc) is 3.23. The molecule has 3 aliphatic carbocycles. The summed E-state index contributed by atoms with van der Waals surface area (Å²) in [4.78, 5) is 0. The van der Waals surface area contributed by atoms with Crippen molar-refractivity contribution in [3.05, 3.63) is 251 Å². The van der Waals surface area contributed by atoms with Crippen molar-refractivity contribution < 1.29 is 8.83 Å². The van der Waals surface area contributed by atoms with Gasteiger partial charge in [-0.05, 0) is 172 Å². The molecule has 2 nitrogen and oxygen atoms in total. The van der Waals surface area contributed by atoms with Gasteiger partial charge in [0.05, 0.1) is 0 Å². The minimum absolute atomic E-state index is 0.248. The second kappa shape index (κ2) is 16.0. The van der Waals surface area contributed by atoms with Crippen molar-refractivity contribution in [1.82, 2.24) is 0 Å². The molecule has 0 radical (unpaired) electrons. The number of benzene rings is 12. The first-order valence-electron chi connectivity index (χ1n) is 28.8. The Labute approximate surface area is 472 Å². The zero-order valence-electron chi connectivity index (χ0n) is 46.9. The van der Waals surface area contributed by atoms with Crippen LogP contribution in [0.15, 0.2) is 215 Å². The van der Waals surface area contributed by atoms with Crippen molar-refractivity contribution in [2.45, 2.75) is 71.6 Å². The molecule has 0 fully saturated rings. The van der Waals surface area contributed by atoms with Crippen LogP contribution in [0.25, 0.3) is 143 Å². The molecule has 81 heavy (non-hydrogen) atoms. The van der Waals surface area contributed by atoms with Gasteiger partial charge in [0, 0.05) is 60.0 Å². The third-order valence-corrected chi connectivity index (χ3v) is 19.8. The Kier molecular flexibility index (Phi) is 9.21. The number of hydrogen-bond donors (Lipinski definition) is 0. The lowest BCUT2D eigenvalue weighted by molar-refractivity contribution is 0.649. The summed E-state index contributed by atoms with van der Waals surface area (Å²) < 4.78 is 14.3. The van der Waals surface area contributed by atoms with Gasteiger partial charge in [0.15, 0.2) is 0 Å². The van der Waals surface area contributed by atoms with Gasteiger partial charge in [0.25, 0.3) is 0 Å². The van der Waals surface area contributed by atoms with E-state index < -0.39 is 0 Å². The van der Waals surface area contributed by atoms with Gasteiger partial charge in [-0.3, -0.25) is 0 Å². The van der Waals surface area contributed by atoms with Gasteiger partial charge < -0.3 is 8.83 Å². The van der Waals surface area contributed by atoms with E-state index in [-0.39, 0.29) is 16.2 Å². The second-order valence-corrected chi connectivity index (χ2v) is 25.1. The van der Waals surface area contributed by atoms with Crippen molar-refractivity contribution in [1.29, 1.82) is 0 Å². The van der Waals surface area contributed by atoms with Gasteiger partial charge >= 0.3 is 0 Å². The summed E-state index contributed by atoms with van der Waals surface area (Å²) >= 11 is 0. The van der Waals surface area contributed by atoms with Crippen LogP contribution in [0, 0.1) is 13.8 Å². The predicted molar refractivity (Wildman–Crippen MR) is 340 cm³/mol. The number of para-hydroxylation sites is 4. The highest BCUT2D eigenvalue weighted by Gasteiger charge is 2.46. The summed E-state index contributed by atoms with van der Waals surface area (Å²) in [5, 5.41) is 9.61. The highest BCUT2D eigenvalue weighted by atomic mass is 16.3. The summed E-state index contributed by atoms with van der Waals surface area (Å²) in [5.74, 6) is 0. The Balaban J connectivity index is 0.811. The molecule has 0 spiro atoms. The van der Waals surface area contributed by atoms with Crippen LogP contribution < -0.4 is 0 Å². The molecule has 12 aromatic carbocycles. The molecule has 0 saturated carbocycles. The summed E-state index contributed by atoms with van der Waals surface area (Å²) in [6.45, 7) is 19.1. The summed E-state index contributed by atoms with van der Waals surface area (Å²) in [6, 6.07) is 77.4. The van der Waals surface area contributed by atoms with Crippen LogP contribution >= 0.6 is 0 Å². The third-order valence-electron chi connectivity index (χ3n) is 19.8. The van der Waals surface area contributed by atoms with E-state index in [0.717, 1.165) is 66.1 Å². The van der Waals surface area contributed by atoms with Crippen molar-refractivity contribution in [2.24, 2.45) is 0 Å². The molecule has 2 aromatic heterocycles. The van der Waals surface area contributed by atoms with E-state index in [1.54, 1.807) is 0 Å². The van der Waals surface area contributed by atoms with Crippen LogP contribution in [0.4, 0.5) is 0 Å². The van der Waals surface area contributed by atoms with Crippen molar-refractivity contribution in [2.75, 3.05) is 0 Å². The lowest BCUT2D eigenvalue weighted by atomic mass is 9.78. The SMILES string of the molecule is Cc1ccccc1-c1cccc2c1oc1c(-c3cc4c(c5ccccc35)-c3cc5c(cc3C4(C)C)-c3cc4c(cc3C5(C)C)-c3c(cc(-c5cccc6c5oc5c(-c7ccccc7C)cccc56)c5ccccc35)C4(C)C)cccc12. The Morgan fingerprint density at radius 1 is 0.222 bits per heavy atom. The molecule has 0 unspecified atom stereocenters. The van der Waals surface area contributed by atoms with E-state index in [1.807, 2.05) is 0 Å². The Hall–Kier alpha value is -9.24. The molecule has 0 amide bonds. The van der Waals surface area contributed by atoms with E-state index in [2.05, 4.69) is 262 Å². The lowest BCUT2D eigenvalue weighted by Gasteiger charge is -2.25. The van der Waals surface area contributed by atoms with Gasteiger partial charge in [-0.1, -0.05) is 211 Å². The molecule has 0 N–H and O–H groups in total. The number of rotatable bonds is 4. The molecule has 0 saturated heterocycles. The van der Waals surface area contributed by atoms with Crippen LogP contribution in [-0.2, 0) is 16.2 Å². The molecule has 0 atom stereocenters. The van der Waals surface area contributed by atoms with Gasteiger partial charge in [0.2, 0.25) is 0 Å². The fourth-order valence-corrected chi connectivity index (χ4v) is 15.6. The van der Waals surface area contributed by atoms with Crippen molar-refractivity contribution in [3.63, 3.8) is 0 Å². The summed E-state index contributed by atoms with van der Waals surface area (Å²) in [6.07, 6.45) is 0. The first-order valence-corrected chi connectivity index (χ1v) is 28.8. The van der Waals surface area contributed by atoms with E-state index >= 15 is 0 Å². The van der Waals surface area contributed by atoms with Crippen LogP contribution in [-0.4, -0.2) is 0 Å². The number of furan rings is 2. The fourth-order valence-electron chi connectivity index (χ4n) is 15.6. The first kappa shape index (κ1) is 46.7. The van der Waals surface area contributed by atoms with Crippen LogP contribution in [0.2, 0.25) is 0 Å². The molecular weight excluding hydrogens is 981 g/mol. The summed E-state index contributed by atoms with van der Waals surface area (Å²) in [7, 11) is 0. The second-order valence-electron chi connectivity index (χ2n) is 25.1. The topological polar surface area (TPSA) is 26.3 Å². The molecule has 2 heteroatoms. The molecule has 0 aliphatic heterocycles. The van der Waals surface area contributed by atoms with Crippen molar-refractivity contribution >= 4 is 65.4 Å². The zero-order valence-corrected chi connectivity index (χ0v) is 46.9. The molecule has 386 valence electrons. The third kappa shape index (κ3) is 6.07. The van der Waals surface area contributed by atoms with E-state index in [1.165, 1.54) is 122 Å². The number of aryl methyl sites for hydroxylation is 2. The smallest absolute Gasteiger partial charge is 0.143 e.